The summed E-state index contributed by atoms with van der Waals surface area (Å²) in [5.74, 6) is -0.273. The molecule has 0 aromatic carbocycles. The molecule has 0 aliphatic carbocycles. The van der Waals surface area contributed by atoms with Gasteiger partial charge in [-0.3, -0.25) is 19.3 Å². The lowest BCUT2D eigenvalue weighted by atomic mass is 10.1. The van der Waals surface area contributed by atoms with E-state index < -0.39 is 11.7 Å². The molecule has 0 bridgehead atoms. The zero-order chi connectivity index (χ0) is 26.6. The number of alkyl halides is 3. The lowest BCUT2D eigenvalue weighted by molar-refractivity contribution is -0.137. The fourth-order valence-electron chi connectivity index (χ4n) is 4.35. The van der Waals surface area contributed by atoms with E-state index in [1.165, 1.54) is 0 Å². The van der Waals surface area contributed by atoms with Gasteiger partial charge in [0.1, 0.15) is 11.4 Å². The highest BCUT2D eigenvalue weighted by molar-refractivity contribution is 5.76. The summed E-state index contributed by atoms with van der Waals surface area (Å²) in [6.45, 7) is 6.43. The van der Waals surface area contributed by atoms with Crippen LogP contribution in [0.1, 0.15) is 30.1 Å². The van der Waals surface area contributed by atoms with E-state index >= 15 is 0 Å². The molecule has 11 nitrogen and oxygen atoms in total. The predicted molar refractivity (Wildman–Crippen MR) is 132 cm³/mol. The van der Waals surface area contributed by atoms with Gasteiger partial charge in [-0.05, 0) is 27.4 Å². The van der Waals surface area contributed by atoms with Crippen LogP contribution in [0.3, 0.4) is 0 Å². The van der Waals surface area contributed by atoms with Gasteiger partial charge >= 0.3 is 6.18 Å². The van der Waals surface area contributed by atoms with Crippen LogP contribution in [-0.2, 0) is 15.7 Å². The van der Waals surface area contributed by atoms with Crippen LogP contribution in [0.2, 0.25) is 0 Å². The minimum Gasteiger partial charge on any atom is -0.379 e. The zero-order valence-electron chi connectivity index (χ0n) is 21.4. The third-order valence-electron chi connectivity index (χ3n) is 6.27. The number of likely N-dealkylation sites (tertiary alicyclic amines) is 1. The predicted octanol–water partition coefficient (Wildman–Crippen LogP) is 2.17. The molecular weight excluding hydrogens is 491 g/mol. The quantitative estimate of drug-likeness (QED) is 0.452. The summed E-state index contributed by atoms with van der Waals surface area (Å²) in [6.07, 6.45) is -1.21. The normalized spacial score (nSPS) is 17.7. The number of halogens is 3. The van der Waals surface area contributed by atoms with E-state index in [9.17, 15) is 18.0 Å². The zero-order valence-corrected chi connectivity index (χ0v) is 21.4. The number of anilines is 3. The van der Waals surface area contributed by atoms with Gasteiger partial charge in [0, 0.05) is 45.1 Å². The van der Waals surface area contributed by atoms with E-state index in [1.54, 1.807) is 4.90 Å². The smallest absolute Gasteiger partial charge is 0.379 e. The molecule has 0 spiro atoms. The summed E-state index contributed by atoms with van der Waals surface area (Å²) in [5, 5.41) is 10.4. The van der Waals surface area contributed by atoms with Crippen LogP contribution in [0.15, 0.2) is 12.4 Å². The van der Waals surface area contributed by atoms with E-state index in [4.69, 9.17) is 4.74 Å². The molecular formula is C23H34F3N9O2. The Hall–Kier alpha value is -2.97. The van der Waals surface area contributed by atoms with E-state index in [-0.39, 0.29) is 30.3 Å². The molecule has 2 fully saturated rings. The Morgan fingerprint density at radius 3 is 2.76 bits per heavy atom. The van der Waals surface area contributed by atoms with Gasteiger partial charge in [0.05, 0.1) is 43.7 Å². The first-order valence-electron chi connectivity index (χ1n) is 12.3. The van der Waals surface area contributed by atoms with Crippen molar-refractivity contribution in [1.82, 2.24) is 34.4 Å². The standard InChI is InChI=1S/C23H34F3N9O2/c1-16-19(14-35(31-16)17-12-33(13-17)15-32(2)3)29-22-28-11-18(23(24,25)26)21(30-22)27-6-4-7-34-8-10-37-9-5-20(34)36/h11,14,17H,4-10,12-13,15H2,1-3H3,(H2,27,28,29,30). The first-order valence-corrected chi connectivity index (χ1v) is 12.3. The number of nitrogens with zero attached hydrogens (tertiary/aromatic N) is 7. The molecule has 2 aliphatic heterocycles. The Labute approximate surface area is 214 Å². The number of nitrogens with one attached hydrogen (secondary N) is 2. The van der Waals surface area contributed by atoms with Gasteiger partial charge < -0.3 is 20.3 Å². The number of carbonyl (C=O) groups is 1. The molecule has 0 saturated carbocycles. The van der Waals surface area contributed by atoms with Crippen molar-refractivity contribution in [3.05, 3.63) is 23.7 Å². The molecule has 0 radical (unpaired) electrons. The molecule has 4 heterocycles. The molecule has 2 N–H and O–H groups in total. The molecule has 0 atom stereocenters. The summed E-state index contributed by atoms with van der Waals surface area (Å²) in [6, 6.07) is 0.239. The highest BCUT2D eigenvalue weighted by Crippen LogP contribution is 2.34. The van der Waals surface area contributed by atoms with Crippen molar-refractivity contribution in [3.8, 4) is 0 Å². The summed E-state index contributed by atoms with van der Waals surface area (Å²) in [5.41, 5.74) is 0.397. The van der Waals surface area contributed by atoms with Crippen LogP contribution >= 0.6 is 0 Å². The van der Waals surface area contributed by atoms with Crippen LogP contribution in [-0.4, -0.2) is 107 Å². The van der Waals surface area contributed by atoms with E-state index in [0.717, 1.165) is 26.0 Å². The molecule has 1 amide bonds. The third kappa shape index (κ3) is 7.08. The second-order valence-corrected chi connectivity index (χ2v) is 9.62. The fourth-order valence-corrected chi connectivity index (χ4v) is 4.35. The van der Waals surface area contributed by atoms with Gasteiger partial charge in [0.25, 0.3) is 0 Å². The van der Waals surface area contributed by atoms with Crippen molar-refractivity contribution in [2.24, 2.45) is 0 Å². The monoisotopic (exact) mass is 525 g/mol. The maximum absolute atomic E-state index is 13.6. The van der Waals surface area contributed by atoms with Crippen molar-refractivity contribution in [1.29, 1.82) is 0 Å². The number of hydrogen-bond donors (Lipinski definition) is 2. The maximum atomic E-state index is 13.6. The minimum atomic E-state index is -4.61. The number of carbonyl (C=O) groups excluding carboxylic acids is 1. The van der Waals surface area contributed by atoms with Crippen LogP contribution in [0, 0.1) is 6.92 Å². The SMILES string of the molecule is Cc1nn(C2CN(CN(C)C)C2)cc1Nc1ncc(C(F)(F)F)c(NCCCN2CCOCCC2=O)n1. The first kappa shape index (κ1) is 27.1. The van der Waals surface area contributed by atoms with Gasteiger partial charge in [-0.15, -0.1) is 0 Å². The minimum absolute atomic E-state index is 0.00905. The number of aromatic nitrogens is 4. The molecule has 2 aromatic rings. The van der Waals surface area contributed by atoms with Gasteiger partial charge in [-0.25, -0.2) is 4.98 Å². The molecule has 2 aromatic heterocycles. The molecule has 14 heteroatoms. The van der Waals surface area contributed by atoms with E-state index in [0.29, 0.717) is 50.5 Å². The lowest BCUT2D eigenvalue weighted by Gasteiger charge is -2.40. The number of rotatable bonds is 10. The van der Waals surface area contributed by atoms with Gasteiger partial charge in [-0.2, -0.15) is 23.3 Å². The van der Waals surface area contributed by atoms with Crippen LogP contribution in [0.5, 0.6) is 0 Å². The van der Waals surface area contributed by atoms with Crippen molar-refractivity contribution < 1.29 is 22.7 Å². The van der Waals surface area contributed by atoms with Crippen molar-refractivity contribution >= 4 is 23.4 Å². The first-order chi connectivity index (χ1) is 17.6. The molecule has 204 valence electrons. The topological polar surface area (TPSA) is 104 Å². The summed E-state index contributed by atoms with van der Waals surface area (Å²) < 4.78 is 47.9. The average molecular weight is 526 g/mol. The number of ether oxygens (including phenoxy) is 1. The molecule has 0 unspecified atom stereocenters. The van der Waals surface area contributed by atoms with E-state index in [1.807, 2.05) is 31.9 Å². The van der Waals surface area contributed by atoms with Gasteiger partial charge in [0.15, 0.2) is 0 Å². The Balaban J connectivity index is 1.38. The Bertz CT molecular complexity index is 1070. The van der Waals surface area contributed by atoms with Gasteiger partial charge in [0.2, 0.25) is 11.9 Å². The maximum Gasteiger partial charge on any atom is 0.421 e. The highest BCUT2D eigenvalue weighted by Gasteiger charge is 2.35. The molecule has 2 saturated heterocycles. The van der Waals surface area contributed by atoms with Crippen molar-refractivity contribution in [2.75, 3.05) is 77.3 Å². The molecule has 37 heavy (non-hydrogen) atoms. The lowest BCUT2D eigenvalue weighted by Crippen LogP contribution is -2.51. The average Bonchev–Trinajstić information content (AvgIpc) is 3.01. The summed E-state index contributed by atoms with van der Waals surface area (Å²) >= 11 is 0. The largest absolute Gasteiger partial charge is 0.421 e. The second-order valence-electron chi connectivity index (χ2n) is 9.62. The summed E-state index contributed by atoms with van der Waals surface area (Å²) in [4.78, 5) is 26.2. The summed E-state index contributed by atoms with van der Waals surface area (Å²) in [7, 11) is 4.04. The van der Waals surface area contributed by atoms with Crippen LogP contribution in [0.25, 0.3) is 0 Å². The Kier molecular flexibility index (Phi) is 8.49. The molecule has 2 aliphatic rings. The Morgan fingerprint density at radius 2 is 2.03 bits per heavy atom. The Morgan fingerprint density at radius 1 is 1.24 bits per heavy atom. The highest BCUT2D eigenvalue weighted by atomic mass is 19.4. The van der Waals surface area contributed by atoms with Crippen molar-refractivity contribution in [3.63, 3.8) is 0 Å². The van der Waals surface area contributed by atoms with E-state index in [2.05, 4.69) is 35.5 Å². The molecule has 4 rings (SSSR count). The van der Waals surface area contributed by atoms with Gasteiger partial charge in [-0.1, -0.05) is 0 Å². The fraction of sp³-hybridized carbons (Fsp3) is 0.652. The number of amides is 1. The van der Waals surface area contributed by atoms with Crippen molar-refractivity contribution in [2.45, 2.75) is 32.0 Å². The number of hydrogen-bond acceptors (Lipinski definition) is 9. The second kappa shape index (κ2) is 11.6. The third-order valence-corrected chi connectivity index (χ3v) is 6.27. The van der Waals surface area contributed by atoms with Crippen LogP contribution in [0.4, 0.5) is 30.6 Å². The number of aryl methyl sites for hydroxylation is 1. The van der Waals surface area contributed by atoms with Crippen LogP contribution < -0.4 is 10.6 Å².